The van der Waals surface area contributed by atoms with Gasteiger partial charge in [-0.05, 0) is 43.5 Å². The Hall–Kier alpha value is -0.900. The van der Waals surface area contributed by atoms with Gasteiger partial charge in [0.1, 0.15) is 0 Å². The third-order valence-corrected chi connectivity index (χ3v) is 3.90. The number of piperidine rings is 1. The molecule has 1 aliphatic rings. The van der Waals surface area contributed by atoms with Crippen LogP contribution in [-0.2, 0) is 11.3 Å². The molecule has 19 heavy (non-hydrogen) atoms. The highest BCUT2D eigenvalue weighted by atomic mass is 16.5. The highest BCUT2D eigenvalue weighted by Crippen LogP contribution is 2.30. The molecule has 2 N–H and O–H groups in total. The largest absolute Gasteiger partial charge is 0.380 e. The molecule has 1 aliphatic heterocycles. The van der Waals surface area contributed by atoms with Crippen LogP contribution in [0.25, 0.3) is 0 Å². The minimum atomic E-state index is 0.248. The van der Waals surface area contributed by atoms with Crippen molar-refractivity contribution in [2.45, 2.75) is 44.9 Å². The van der Waals surface area contributed by atoms with Crippen LogP contribution >= 0.6 is 0 Å². The Morgan fingerprint density at radius 3 is 3.00 bits per heavy atom. The van der Waals surface area contributed by atoms with Crippen LogP contribution in [-0.4, -0.2) is 31.1 Å². The normalized spacial score (nSPS) is 24.6. The predicted octanol–water partition coefficient (Wildman–Crippen LogP) is 2.71. The van der Waals surface area contributed by atoms with Crippen LogP contribution in [0.5, 0.6) is 0 Å². The molecule has 2 unspecified atom stereocenters. The van der Waals surface area contributed by atoms with Crippen LogP contribution in [0.15, 0.2) is 24.3 Å². The Balaban J connectivity index is 2.22. The SMILES string of the molecule is CCCN1CCCC(N)C1c1cccc(COC)c1. The summed E-state index contributed by atoms with van der Waals surface area (Å²) in [5.74, 6) is 0. The second-order valence-corrected chi connectivity index (χ2v) is 5.46. The van der Waals surface area contributed by atoms with Crippen molar-refractivity contribution < 1.29 is 4.74 Å². The quantitative estimate of drug-likeness (QED) is 0.886. The smallest absolute Gasteiger partial charge is 0.0713 e. The molecule has 1 aromatic carbocycles. The van der Waals surface area contributed by atoms with Crippen LogP contribution in [0, 0.1) is 0 Å². The molecule has 2 rings (SSSR count). The molecule has 0 spiro atoms. The number of hydrogen-bond acceptors (Lipinski definition) is 3. The van der Waals surface area contributed by atoms with E-state index in [0.29, 0.717) is 12.6 Å². The van der Waals surface area contributed by atoms with E-state index in [1.807, 2.05) is 0 Å². The maximum Gasteiger partial charge on any atom is 0.0713 e. The molecular formula is C16H26N2O. The minimum Gasteiger partial charge on any atom is -0.380 e. The number of rotatable bonds is 5. The van der Waals surface area contributed by atoms with Gasteiger partial charge in [0, 0.05) is 19.2 Å². The Morgan fingerprint density at radius 2 is 2.26 bits per heavy atom. The summed E-state index contributed by atoms with van der Waals surface area (Å²) in [6, 6.07) is 9.31. The zero-order valence-corrected chi connectivity index (χ0v) is 12.1. The van der Waals surface area contributed by atoms with Crippen LogP contribution in [0.2, 0.25) is 0 Å². The Bertz CT molecular complexity index is 392. The van der Waals surface area contributed by atoms with E-state index in [0.717, 1.165) is 13.0 Å². The van der Waals surface area contributed by atoms with Gasteiger partial charge in [-0.1, -0.05) is 31.2 Å². The van der Waals surface area contributed by atoms with Crippen LogP contribution in [0.3, 0.4) is 0 Å². The standard InChI is InChI=1S/C16H26N2O/c1-3-9-18-10-5-8-15(17)16(18)14-7-4-6-13(11-14)12-19-2/h4,6-7,11,15-16H,3,5,8-10,12,17H2,1-2H3. The van der Waals surface area contributed by atoms with E-state index in [9.17, 15) is 0 Å². The van der Waals surface area contributed by atoms with Crippen molar-refractivity contribution >= 4 is 0 Å². The second kappa shape index (κ2) is 7.04. The molecule has 0 radical (unpaired) electrons. The van der Waals surface area contributed by atoms with Gasteiger partial charge in [-0.25, -0.2) is 0 Å². The van der Waals surface area contributed by atoms with Crippen molar-refractivity contribution in [3.8, 4) is 0 Å². The van der Waals surface area contributed by atoms with Gasteiger partial charge in [0.15, 0.2) is 0 Å². The molecule has 0 bridgehead atoms. The summed E-state index contributed by atoms with van der Waals surface area (Å²) < 4.78 is 5.23. The molecule has 0 aliphatic carbocycles. The lowest BCUT2D eigenvalue weighted by Gasteiger charge is -2.40. The summed E-state index contributed by atoms with van der Waals surface area (Å²) in [5, 5.41) is 0. The van der Waals surface area contributed by atoms with Crippen LogP contribution in [0.4, 0.5) is 0 Å². The Labute approximate surface area is 116 Å². The highest BCUT2D eigenvalue weighted by Gasteiger charge is 2.29. The maximum atomic E-state index is 6.38. The predicted molar refractivity (Wildman–Crippen MR) is 79.0 cm³/mol. The van der Waals surface area contributed by atoms with Gasteiger partial charge >= 0.3 is 0 Å². The van der Waals surface area contributed by atoms with Gasteiger partial charge in [0.2, 0.25) is 0 Å². The Morgan fingerprint density at radius 1 is 1.42 bits per heavy atom. The summed E-state index contributed by atoms with van der Waals surface area (Å²) in [6.45, 7) is 5.20. The fourth-order valence-corrected chi connectivity index (χ4v) is 3.13. The van der Waals surface area contributed by atoms with Gasteiger partial charge in [-0.15, -0.1) is 0 Å². The van der Waals surface area contributed by atoms with E-state index >= 15 is 0 Å². The number of likely N-dealkylation sites (tertiary alicyclic amines) is 1. The third-order valence-electron chi connectivity index (χ3n) is 3.90. The first-order chi connectivity index (χ1) is 9.26. The summed E-state index contributed by atoms with van der Waals surface area (Å²) in [6.07, 6.45) is 3.52. The van der Waals surface area contributed by atoms with E-state index in [1.54, 1.807) is 7.11 Å². The van der Waals surface area contributed by atoms with Gasteiger partial charge in [-0.3, -0.25) is 4.90 Å². The van der Waals surface area contributed by atoms with Crippen molar-refractivity contribution in [3.05, 3.63) is 35.4 Å². The van der Waals surface area contributed by atoms with Crippen molar-refractivity contribution in [2.75, 3.05) is 20.2 Å². The molecule has 0 aromatic heterocycles. The molecule has 1 aromatic rings. The molecule has 0 saturated carbocycles. The summed E-state index contributed by atoms with van der Waals surface area (Å²) >= 11 is 0. The number of methoxy groups -OCH3 is 1. The summed E-state index contributed by atoms with van der Waals surface area (Å²) in [4.78, 5) is 2.54. The molecule has 1 saturated heterocycles. The zero-order valence-electron chi connectivity index (χ0n) is 12.1. The van der Waals surface area contributed by atoms with Crippen LogP contribution in [0.1, 0.15) is 43.4 Å². The van der Waals surface area contributed by atoms with Crippen molar-refractivity contribution in [1.82, 2.24) is 4.90 Å². The fourth-order valence-electron chi connectivity index (χ4n) is 3.13. The molecule has 0 amide bonds. The molecule has 2 atom stereocenters. The average Bonchev–Trinajstić information content (AvgIpc) is 2.40. The van der Waals surface area contributed by atoms with E-state index in [2.05, 4.69) is 36.1 Å². The van der Waals surface area contributed by atoms with Gasteiger partial charge in [0.05, 0.1) is 6.61 Å². The number of ether oxygens (including phenoxy) is 1. The maximum absolute atomic E-state index is 6.38. The fraction of sp³-hybridized carbons (Fsp3) is 0.625. The van der Waals surface area contributed by atoms with Crippen LogP contribution < -0.4 is 5.73 Å². The minimum absolute atomic E-state index is 0.248. The van der Waals surface area contributed by atoms with Gasteiger partial charge in [0.25, 0.3) is 0 Å². The molecular weight excluding hydrogens is 236 g/mol. The lowest BCUT2D eigenvalue weighted by Crippen LogP contribution is -2.46. The second-order valence-electron chi connectivity index (χ2n) is 5.46. The number of nitrogens with zero attached hydrogens (tertiary/aromatic N) is 1. The van der Waals surface area contributed by atoms with Gasteiger partial charge in [-0.2, -0.15) is 0 Å². The zero-order chi connectivity index (χ0) is 13.7. The topological polar surface area (TPSA) is 38.5 Å². The lowest BCUT2D eigenvalue weighted by atomic mass is 9.90. The van der Waals surface area contributed by atoms with Gasteiger partial charge < -0.3 is 10.5 Å². The first-order valence-electron chi connectivity index (χ1n) is 7.33. The number of nitrogens with two attached hydrogens (primary N) is 1. The van der Waals surface area contributed by atoms with E-state index in [1.165, 1.54) is 30.5 Å². The Kier molecular flexibility index (Phi) is 5.37. The third kappa shape index (κ3) is 3.56. The highest BCUT2D eigenvalue weighted by molar-refractivity contribution is 5.27. The van der Waals surface area contributed by atoms with E-state index < -0.39 is 0 Å². The lowest BCUT2D eigenvalue weighted by molar-refractivity contribution is 0.128. The number of benzene rings is 1. The molecule has 1 fully saturated rings. The van der Waals surface area contributed by atoms with Crippen molar-refractivity contribution in [1.29, 1.82) is 0 Å². The monoisotopic (exact) mass is 262 g/mol. The molecule has 3 nitrogen and oxygen atoms in total. The van der Waals surface area contributed by atoms with E-state index in [4.69, 9.17) is 10.5 Å². The molecule has 106 valence electrons. The summed E-state index contributed by atoms with van der Waals surface area (Å²) in [7, 11) is 1.74. The summed E-state index contributed by atoms with van der Waals surface area (Å²) in [5.41, 5.74) is 8.96. The molecule has 3 heteroatoms. The first-order valence-corrected chi connectivity index (χ1v) is 7.33. The average molecular weight is 262 g/mol. The van der Waals surface area contributed by atoms with Crippen molar-refractivity contribution in [2.24, 2.45) is 5.73 Å². The van der Waals surface area contributed by atoms with E-state index in [-0.39, 0.29) is 6.04 Å². The van der Waals surface area contributed by atoms with Crippen molar-refractivity contribution in [3.63, 3.8) is 0 Å². The first kappa shape index (κ1) is 14.5. The number of hydrogen-bond donors (Lipinski definition) is 1. The molecule has 1 heterocycles.